The number of rotatable bonds is 7. The molecule has 0 aliphatic carbocycles. The first kappa shape index (κ1) is 20.3. The average molecular weight is 409 g/mol. The van der Waals surface area contributed by atoms with Crippen LogP contribution in [-0.4, -0.2) is 15.9 Å². The Labute approximate surface area is 181 Å². The van der Waals surface area contributed by atoms with Crippen LogP contribution in [0.3, 0.4) is 0 Å². The number of ether oxygens (including phenoxy) is 1. The number of nitrogens with one attached hydrogen (secondary N) is 1. The zero-order valence-electron chi connectivity index (χ0n) is 17.2. The van der Waals surface area contributed by atoms with Gasteiger partial charge in [0.1, 0.15) is 5.75 Å². The maximum absolute atomic E-state index is 12.5. The third kappa shape index (κ3) is 5.54. The summed E-state index contributed by atoms with van der Waals surface area (Å²) < 4.78 is 5.65. The van der Waals surface area contributed by atoms with Crippen LogP contribution in [0.25, 0.3) is 11.1 Å². The number of aromatic nitrogens is 2. The maximum Gasteiger partial charge on any atom is 0.224 e. The maximum atomic E-state index is 12.5. The lowest BCUT2D eigenvalue weighted by Gasteiger charge is -2.14. The van der Waals surface area contributed by atoms with E-state index < -0.39 is 0 Å². The number of amides is 1. The molecule has 0 aliphatic rings. The van der Waals surface area contributed by atoms with Crippen LogP contribution in [0.1, 0.15) is 24.2 Å². The number of carbonyl (C=O) groups is 1. The summed E-state index contributed by atoms with van der Waals surface area (Å²) in [5.41, 5.74) is 4.03. The van der Waals surface area contributed by atoms with Gasteiger partial charge in [-0.3, -0.25) is 9.78 Å². The molecule has 154 valence electrons. The van der Waals surface area contributed by atoms with Gasteiger partial charge in [-0.25, -0.2) is 4.98 Å². The van der Waals surface area contributed by atoms with E-state index in [2.05, 4.69) is 27.4 Å². The minimum atomic E-state index is -0.208. The SMILES string of the molecule is C[C@@H](NC(=O)Cc1ccc(-c2ccccc2)cc1)c1ccc(Oc2ccccn2)cn1. The van der Waals surface area contributed by atoms with Gasteiger partial charge in [0, 0.05) is 12.3 Å². The summed E-state index contributed by atoms with van der Waals surface area (Å²) in [5.74, 6) is 1.06. The molecule has 0 radical (unpaired) electrons. The Morgan fingerprint density at radius 1 is 0.871 bits per heavy atom. The van der Waals surface area contributed by atoms with Gasteiger partial charge in [0.05, 0.1) is 24.4 Å². The number of pyridine rings is 2. The molecule has 0 unspecified atom stereocenters. The average Bonchev–Trinajstić information content (AvgIpc) is 2.81. The van der Waals surface area contributed by atoms with E-state index in [0.717, 1.165) is 22.4 Å². The lowest BCUT2D eigenvalue weighted by atomic mass is 10.0. The Kier molecular flexibility index (Phi) is 6.33. The van der Waals surface area contributed by atoms with Crippen LogP contribution in [0.5, 0.6) is 11.6 Å². The van der Waals surface area contributed by atoms with Gasteiger partial charge >= 0.3 is 0 Å². The Balaban J connectivity index is 1.32. The Morgan fingerprint density at radius 3 is 2.29 bits per heavy atom. The molecule has 0 spiro atoms. The summed E-state index contributed by atoms with van der Waals surface area (Å²) in [6, 6.07) is 27.2. The minimum Gasteiger partial charge on any atom is -0.437 e. The summed E-state index contributed by atoms with van der Waals surface area (Å²) in [6.45, 7) is 1.91. The molecular weight excluding hydrogens is 386 g/mol. The van der Waals surface area contributed by atoms with Gasteiger partial charge < -0.3 is 10.1 Å². The van der Waals surface area contributed by atoms with E-state index in [1.807, 2.05) is 73.7 Å². The number of hydrogen-bond acceptors (Lipinski definition) is 4. The van der Waals surface area contributed by atoms with E-state index in [1.54, 1.807) is 18.5 Å². The lowest BCUT2D eigenvalue weighted by Crippen LogP contribution is -2.28. The van der Waals surface area contributed by atoms with Crippen molar-refractivity contribution in [3.8, 4) is 22.8 Å². The Hall–Kier alpha value is -3.99. The molecule has 31 heavy (non-hydrogen) atoms. The highest BCUT2D eigenvalue weighted by Crippen LogP contribution is 2.21. The molecule has 0 saturated heterocycles. The number of benzene rings is 2. The molecule has 1 amide bonds. The first-order chi connectivity index (χ1) is 15.2. The lowest BCUT2D eigenvalue weighted by molar-refractivity contribution is -0.121. The van der Waals surface area contributed by atoms with E-state index >= 15 is 0 Å². The van der Waals surface area contributed by atoms with Crippen LogP contribution in [0.15, 0.2) is 97.3 Å². The molecule has 2 heterocycles. The third-order valence-electron chi connectivity index (χ3n) is 4.87. The molecule has 5 heteroatoms. The van der Waals surface area contributed by atoms with Crippen molar-refractivity contribution in [2.24, 2.45) is 0 Å². The fourth-order valence-electron chi connectivity index (χ4n) is 3.23. The van der Waals surface area contributed by atoms with E-state index in [-0.39, 0.29) is 11.9 Å². The van der Waals surface area contributed by atoms with E-state index in [0.29, 0.717) is 18.1 Å². The van der Waals surface area contributed by atoms with Crippen LogP contribution < -0.4 is 10.1 Å². The number of nitrogens with zero attached hydrogens (tertiary/aromatic N) is 2. The second-order valence-corrected chi connectivity index (χ2v) is 7.22. The van der Waals surface area contributed by atoms with Gasteiger partial charge in [0.15, 0.2) is 0 Å². The fourth-order valence-corrected chi connectivity index (χ4v) is 3.23. The van der Waals surface area contributed by atoms with Crippen LogP contribution in [-0.2, 0) is 11.2 Å². The molecule has 0 fully saturated rings. The molecule has 0 aliphatic heterocycles. The Bertz CT molecular complexity index is 1110. The van der Waals surface area contributed by atoms with Crippen LogP contribution in [0.4, 0.5) is 0 Å². The van der Waals surface area contributed by atoms with Crippen molar-refractivity contribution in [1.29, 1.82) is 0 Å². The summed E-state index contributed by atoms with van der Waals surface area (Å²) in [6.07, 6.45) is 3.62. The van der Waals surface area contributed by atoms with Crippen molar-refractivity contribution in [3.05, 3.63) is 109 Å². The highest BCUT2D eigenvalue weighted by Gasteiger charge is 2.12. The predicted octanol–water partition coefficient (Wildman–Crippen LogP) is 5.36. The molecule has 4 aromatic rings. The van der Waals surface area contributed by atoms with Crippen molar-refractivity contribution in [1.82, 2.24) is 15.3 Å². The quantitative estimate of drug-likeness (QED) is 0.447. The van der Waals surface area contributed by atoms with Crippen molar-refractivity contribution in [3.63, 3.8) is 0 Å². The van der Waals surface area contributed by atoms with Crippen LogP contribution in [0.2, 0.25) is 0 Å². The smallest absolute Gasteiger partial charge is 0.224 e. The van der Waals surface area contributed by atoms with Gasteiger partial charge in [-0.15, -0.1) is 0 Å². The largest absolute Gasteiger partial charge is 0.437 e. The summed E-state index contributed by atoms with van der Waals surface area (Å²) >= 11 is 0. The fraction of sp³-hybridized carbons (Fsp3) is 0.115. The van der Waals surface area contributed by atoms with Gasteiger partial charge in [-0.05, 0) is 41.8 Å². The van der Waals surface area contributed by atoms with Crippen molar-refractivity contribution in [2.45, 2.75) is 19.4 Å². The van der Waals surface area contributed by atoms with E-state index in [4.69, 9.17) is 4.74 Å². The van der Waals surface area contributed by atoms with Crippen molar-refractivity contribution in [2.75, 3.05) is 0 Å². The van der Waals surface area contributed by atoms with Gasteiger partial charge in [0.25, 0.3) is 0 Å². The Morgan fingerprint density at radius 2 is 1.61 bits per heavy atom. The normalized spacial score (nSPS) is 11.5. The molecule has 2 aromatic carbocycles. The molecule has 4 rings (SSSR count). The molecule has 2 aromatic heterocycles. The minimum absolute atomic E-state index is 0.0458. The monoisotopic (exact) mass is 409 g/mol. The molecule has 0 bridgehead atoms. The molecule has 1 N–H and O–H groups in total. The summed E-state index contributed by atoms with van der Waals surface area (Å²) in [4.78, 5) is 21.0. The number of carbonyl (C=O) groups excluding carboxylic acids is 1. The zero-order chi connectivity index (χ0) is 21.5. The topological polar surface area (TPSA) is 64.1 Å². The summed E-state index contributed by atoms with van der Waals surface area (Å²) in [7, 11) is 0. The van der Waals surface area contributed by atoms with Gasteiger partial charge in [-0.1, -0.05) is 60.7 Å². The summed E-state index contributed by atoms with van der Waals surface area (Å²) in [5, 5.41) is 3.01. The first-order valence-corrected chi connectivity index (χ1v) is 10.2. The molecular formula is C26H23N3O2. The second-order valence-electron chi connectivity index (χ2n) is 7.22. The third-order valence-corrected chi connectivity index (χ3v) is 4.87. The molecule has 0 saturated carbocycles. The van der Waals surface area contributed by atoms with Crippen molar-refractivity contribution < 1.29 is 9.53 Å². The molecule has 1 atom stereocenters. The highest BCUT2D eigenvalue weighted by molar-refractivity contribution is 5.79. The van der Waals surface area contributed by atoms with Gasteiger partial charge in [-0.2, -0.15) is 0 Å². The predicted molar refractivity (Wildman–Crippen MR) is 121 cm³/mol. The standard InChI is InChI=1S/C26H23N3O2/c1-19(24-15-14-23(18-28-24)31-26-9-5-6-16-27-26)29-25(30)17-20-10-12-22(13-11-20)21-7-3-2-4-8-21/h2-16,18-19H,17H2,1H3,(H,29,30)/t19-/m1/s1. The van der Waals surface area contributed by atoms with E-state index in [1.165, 1.54) is 0 Å². The highest BCUT2D eigenvalue weighted by atomic mass is 16.5. The number of hydrogen-bond donors (Lipinski definition) is 1. The zero-order valence-corrected chi connectivity index (χ0v) is 17.2. The second kappa shape index (κ2) is 9.67. The van der Waals surface area contributed by atoms with Crippen LogP contribution >= 0.6 is 0 Å². The van der Waals surface area contributed by atoms with E-state index in [9.17, 15) is 4.79 Å². The molecule has 5 nitrogen and oxygen atoms in total. The first-order valence-electron chi connectivity index (χ1n) is 10.2. The van der Waals surface area contributed by atoms with Gasteiger partial charge in [0.2, 0.25) is 11.8 Å². The van der Waals surface area contributed by atoms with Crippen LogP contribution in [0, 0.1) is 0 Å². The van der Waals surface area contributed by atoms with Crippen molar-refractivity contribution >= 4 is 5.91 Å².